The van der Waals surface area contributed by atoms with Gasteiger partial charge in [0.05, 0.1) is 12.5 Å². The molecule has 2 heterocycles. The lowest BCUT2D eigenvalue weighted by molar-refractivity contribution is -0.151. The van der Waals surface area contributed by atoms with E-state index in [0.29, 0.717) is 26.1 Å². The number of nitrogens with zero attached hydrogens (tertiary/aromatic N) is 4. The Morgan fingerprint density at radius 3 is 2.60 bits per heavy atom. The fourth-order valence-corrected chi connectivity index (χ4v) is 5.16. The van der Waals surface area contributed by atoms with Crippen LogP contribution in [0.25, 0.3) is 17.1 Å². The first-order chi connectivity index (χ1) is 17.1. The summed E-state index contributed by atoms with van der Waals surface area (Å²) in [5.74, 6) is 1.26. The van der Waals surface area contributed by atoms with E-state index in [2.05, 4.69) is 46.0 Å². The Labute approximate surface area is 210 Å². The van der Waals surface area contributed by atoms with Crippen LogP contribution in [-0.2, 0) is 14.3 Å². The quantitative estimate of drug-likeness (QED) is 0.240. The molecule has 1 aliphatic rings. The third kappa shape index (κ3) is 6.31. The average molecular weight is 493 g/mol. The predicted molar refractivity (Wildman–Crippen MR) is 137 cm³/mol. The van der Waals surface area contributed by atoms with Crippen molar-refractivity contribution in [1.82, 2.24) is 19.7 Å². The number of piperidine rings is 1. The number of hydrogen-bond acceptors (Lipinski definition) is 6. The first kappa shape index (κ1) is 25.0. The molecule has 7 nitrogen and oxygen atoms in total. The molecule has 1 aliphatic heterocycles. The van der Waals surface area contributed by atoms with Gasteiger partial charge in [0.15, 0.2) is 11.0 Å². The predicted octanol–water partition coefficient (Wildman–Crippen LogP) is 4.92. The monoisotopic (exact) mass is 492 g/mol. The number of hydrogen-bond donors (Lipinski definition) is 0. The summed E-state index contributed by atoms with van der Waals surface area (Å²) in [5.41, 5.74) is 3.21. The van der Waals surface area contributed by atoms with Crippen LogP contribution in [0.4, 0.5) is 0 Å². The van der Waals surface area contributed by atoms with Crippen LogP contribution < -0.4 is 0 Å². The van der Waals surface area contributed by atoms with Gasteiger partial charge in [-0.15, -0.1) is 10.2 Å². The highest BCUT2D eigenvalue weighted by atomic mass is 32.2. The maximum atomic E-state index is 12.8. The second-order valence-electron chi connectivity index (χ2n) is 8.73. The molecular formula is C27H32N4O3S. The minimum absolute atomic E-state index is 0.101. The van der Waals surface area contributed by atoms with Crippen LogP contribution >= 0.6 is 11.8 Å². The standard InChI is InChI=1S/C27H32N4O3S/c1-3-34-26(33)22-11-7-17-30(19-22)24(32)12-8-18-35-27-29-28-25(21-9-5-4-6-10-21)31(27)23-15-13-20(2)14-16-23/h4-6,9-10,13-16,22H,3,7-8,11-12,17-19H2,1-2H3. The van der Waals surface area contributed by atoms with E-state index in [4.69, 9.17) is 4.74 Å². The van der Waals surface area contributed by atoms with Gasteiger partial charge >= 0.3 is 5.97 Å². The van der Waals surface area contributed by atoms with E-state index in [0.717, 1.165) is 47.2 Å². The first-order valence-electron chi connectivity index (χ1n) is 12.2. The minimum Gasteiger partial charge on any atom is -0.466 e. The number of aromatic nitrogens is 3. The highest BCUT2D eigenvalue weighted by Crippen LogP contribution is 2.29. The first-order valence-corrected chi connectivity index (χ1v) is 13.2. The molecule has 8 heteroatoms. The number of esters is 1. The second kappa shape index (κ2) is 12.0. The minimum atomic E-state index is -0.202. The van der Waals surface area contributed by atoms with E-state index in [1.54, 1.807) is 11.8 Å². The normalized spacial score (nSPS) is 15.7. The lowest BCUT2D eigenvalue weighted by atomic mass is 9.98. The van der Waals surface area contributed by atoms with Gasteiger partial charge in [-0.3, -0.25) is 14.2 Å². The Kier molecular flexibility index (Phi) is 8.58. The van der Waals surface area contributed by atoms with E-state index >= 15 is 0 Å². The van der Waals surface area contributed by atoms with Crippen molar-refractivity contribution in [3.63, 3.8) is 0 Å². The molecule has 1 amide bonds. The summed E-state index contributed by atoms with van der Waals surface area (Å²) in [6.07, 6.45) is 2.81. The summed E-state index contributed by atoms with van der Waals surface area (Å²) in [4.78, 5) is 26.7. The van der Waals surface area contributed by atoms with Crippen molar-refractivity contribution >= 4 is 23.6 Å². The largest absolute Gasteiger partial charge is 0.466 e. The molecule has 35 heavy (non-hydrogen) atoms. The average Bonchev–Trinajstić information content (AvgIpc) is 3.31. The zero-order valence-corrected chi connectivity index (χ0v) is 21.2. The van der Waals surface area contributed by atoms with Crippen molar-refractivity contribution in [3.8, 4) is 17.1 Å². The summed E-state index contributed by atoms with van der Waals surface area (Å²) in [6.45, 7) is 5.43. The van der Waals surface area contributed by atoms with Crippen molar-refractivity contribution in [3.05, 3.63) is 60.2 Å². The molecular weight excluding hydrogens is 460 g/mol. The third-order valence-corrected chi connectivity index (χ3v) is 7.13. The molecule has 1 saturated heterocycles. The van der Waals surface area contributed by atoms with Crippen LogP contribution in [-0.4, -0.2) is 57.0 Å². The number of aryl methyl sites for hydroxylation is 1. The number of likely N-dealkylation sites (tertiary alicyclic amines) is 1. The highest BCUT2D eigenvalue weighted by molar-refractivity contribution is 7.99. The SMILES string of the molecule is CCOC(=O)C1CCCN(C(=O)CCCSc2nnc(-c3ccccc3)n2-c2ccc(C)cc2)C1. The van der Waals surface area contributed by atoms with Crippen molar-refractivity contribution in [2.45, 2.75) is 44.7 Å². The lowest BCUT2D eigenvalue weighted by Crippen LogP contribution is -2.42. The molecule has 1 fully saturated rings. The fraction of sp³-hybridized carbons (Fsp3) is 0.407. The number of carbonyl (C=O) groups excluding carboxylic acids is 2. The lowest BCUT2D eigenvalue weighted by Gasteiger charge is -2.31. The van der Waals surface area contributed by atoms with Crippen LogP contribution in [0.1, 0.15) is 38.2 Å². The Hall–Kier alpha value is -3.13. The van der Waals surface area contributed by atoms with Gasteiger partial charge in [-0.05, 0) is 45.2 Å². The molecule has 1 atom stereocenters. The summed E-state index contributed by atoms with van der Waals surface area (Å²) in [7, 11) is 0. The molecule has 0 bridgehead atoms. The molecule has 1 unspecified atom stereocenters. The summed E-state index contributed by atoms with van der Waals surface area (Å²) in [5, 5.41) is 9.77. The molecule has 0 radical (unpaired) electrons. The van der Waals surface area contributed by atoms with Crippen LogP contribution in [0.5, 0.6) is 0 Å². The number of amides is 1. The van der Waals surface area contributed by atoms with Gasteiger partial charge in [-0.2, -0.15) is 0 Å². The fourth-order valence-electron chi connectivity index (χ4n) is 4.27. The molecule has 3 aromatic rings. The smallest absolute Gasteiger partial charge is 0.310 e. The van der Waals surface area contributed by atoms with Crippen LogP contribution in [0, 0.1) is 12.8 Å². The third-order valence-electron chi connectivity index (χ3n) is 6.12. The molecule has 4 rings (SSSR count). The maximum Gasteiger partial charge on any atom is 0.310 e. The van der Waals surface area contributed by atoms with E-state index < -0.39 is 0 Å². The molecule has 184 valence electrons. The second-order valence-corrected chi connectivity index (χ2v) is 9.79. The molecule has 0 N–H and O–H groups in total. The van der Waals surface area contributed by atoms with E-state index in [1.165, 1.54) is 5.56 Å². The highest BCUT2D eigenvalue weighted by Gasteiger charge is 2.29. The van der Waals surface area contributed by atoms with Gasteiger partial charge < -0.3 is 9.64 Å². The number of benzene rings is 2. The van der Waals surface area contributed by atoms with Gasteiger partial charge in [0.1, 0.15) is 0 Å². The Balaban J connectivity index is 1.38. The Morgan fingerprint density at radius 1 is 1.09 bits per heavy atom. The van der Waals surface area contributed by atoms with Crippen molar-refractivity contribution in [2.24, 2.45) is 5.92 Å². The summed E-state index contributed by atoms with van der Waals surface area (Å²) in [6, 6.07) is 18.4. The Bertz CT molecular complexity index is 1130. The van der Waals surface area contributed by atoms with Crippen molar-refractivity contribution < 1.29 is 14.3 Å². The molecule has 1 aromatic heterocycles. The summed E-state index contributed by atoms with van der Waals surface area (Å²) >= 11 is 1.61. The zero-order valence-electron chi connectivity index (χ0n) is 20.4. The molecule has 0 spiro atoms. The van der Waals surface area contributed by atoms with E-state index in [1.807, 2.05) is 42.2 Å². The summed E-state index contributed by atoms with van der Waals surface area (Å²) < 4.78 is 7.23. The van der Waals surface area contributed by atoms with Gasteiger partial charge in [-0.25, -0.2) is 0 Å². The number of rotatable bonds is 9. The van der Waals surface area contributed by atoms with Crippen LogP contribution in [0.3, 0.4) is 0 Å². The van der Waals surface area contributed by atoms with Crippen molar-refractivity contribution in [1.29, 1.82) is 0 Å². The molecule has 0 saturated carbocycles. The number of thioether (sulfide) groups is 1. The topological polar surface area (TPSA) is 77.3 Å². The van der Waals surface area contributed by atoms with Gasteiger partial charge in [-0.1, -0.05) is 59.8 Å². The van der Waals surface area contributed by atoms with Gasteiger partial charge in [0.25, 0.3) is 0 Å². The molecule has 2 aromatic carbocycles. The van der Waals surface area contributed by atoms with Gasteiger partial charge in [0, 0.05) is 36.5 Å². The van der Waals surface area contributed by atoms with Crippen LogP contribution in [0.15, 0.2) is 59.8 Å². The maximum absolute atomic E-state index is 12.8. The number of ether oxygens (including phenoxy) is 1. The van der Waals surface area contributed by atoms with Crippen LogP contribution in [0.2, 0.25) is 0 Å². The van der Waals surface area contributed by atoms with E-state index in [-0.39, 0.29) is 17.8 Å². The van der Waals surface area contributed by atoms with Gasteiger partial charge in [0.2, 0.25) is 5.91 Å². The zero-order chi connectivity index (χ0) is 24.6. The number of carbonyl (C=O) groups is 2. The van der Waals surface area contributed by atoms with Crippen molar-refractivity contribution in [2.75, 3.05) is 25.4 Å². The molecule has 0 aliphatic carbocycles. The Morgan fingerprint density at radius 2 is 1.86 bits per heavy atom. The van der Waals surface area contributed by atoms with E-state index in [9.17, 15) is 9.59 Å².